The first-order valence-corrected chi connectivity index (χ1v) is 8.19. The van der Waals surface area contributed by atoms with Gasteiger partial charge >= 0.3 is 0 Å². The number of rotatable bonds is 2. The molecule has 0 spiro atoms. The molecule has 0 radical (unpaired) electrons. The van der Waals surface area contributed by atoms with Crippen LogP contribution in [0.25, 0.3) is 0 Å². The molecule has 1 aromatic heterocycles. The molecule has 2 fully saturated rings. The van der Waals surface area contributed by atoms with E-state index in [1.807, 2.05) is 6.07 Å². The van der Waals surface area contributed by atoms with Crippen LogP contribution in [0.4, 0.5) is 20.3 Å². The van der Waals surface area contributed by atoms with Crippen LogP contribution in [-0.4, -0.2) is 67.2 Å². The number of nitrogens with zero attached hydrogens (tertiary/aromatic N) is 4. The number of hydrogen-bond donors (Lipinski definition) is 0. The number of halogens is 2. The molecule has 1 atom stereocenters. The van der Waals surface area contributed by atoms with Crippen LogP contribution in [0.15, 0.2) is 12.3 Å². The molecule has 0 aliphatic carbocycles. The third-order valence-corrected chi connectivity index (χ3v) is 4.98. The molecular weight excluding hydrogens is 302 g/mol. The highest BCUT2D eigenvalue weighted by Gasteiger charge is 2.44. The van der Waals surface area contributed by atoms with Gasteiger partial charge in [0.15, 0.2) is 11.6 Å². The van der Waals surface area contributed by atoms with Gasteiger partial charge in [0, 0.05) is 31.7 Å². The van der Waals surface area contributed by atoms with Gasteiger partial charge in [0.1, 0.15) is 6.61 Å². The largest absolute Gasteiger partial charge is 0.487 e. The van der Waals surface area contributed by atoms with E-state index in [1.165, 1.54) is 0 Å². The molecule has 0 N–H and O–H groups in total. The van der Waals surface area contributed by atoms with Crippen LogP contribution in [0, 0.1) is 0 Å². The molecule has 3 aliphatic heterocycles. The van der Waals surface area contributed by atoms with Crippen molar-refractivity contribution in [3.8, 4) is 5.75 Å². The number of fused-ring (bicyclic) bond motifs is 3. The quantitative estimate of drug-likeness (QED) is 0.829. The number of pyridine rings is 1. The maximum absolute atomic E-state index is 13.0. The van der Waals surface area contributed by atoms with Gasteiger partial charge in [0.05, 0.1) is 31.0 Å². The molecule has 23 heavy (non-hydrogen) atoms. The Labute approximate surface area is 134 Å². The van der Waals surface area contributed by atoms with Gasteiger partial charge in [0.2, 0.25) is 0 Å². The summed E-state index contributed by atoms with van der Waals surface area (Å²) < 4.78 is 31.9. The van der Waals surface area contributed by atoms with E-state index in [9.17, 15) is 8.78 Å². The molecule has 2 saturated heterocycles. The summed E-state index contributed by atoms with van der Waals surface area (Å²) in [4.78, 5) is 10.9. The molecule has 0 saturated carbocycles. The Morgan fingerprint density at radius 2 is 2.09 bits per heavy atom. The van der Waals surface area contributed by atoms with Crippen molar-refractivity contribution < 1.29 is 13.5 Å². The first-order valence-electron chi connectivity index (χ1n) is 8.19. The van der Waals surface area contributed by atoms with E-state index >= 15 is 0 Å². The van der Waals surface area contributed by atoms with Crippen molar-refractivity contribution in [2.75, 3.05) is 49.1 Å². The Morgan fingerprint density at radius 3 is 2.78 bits per heavy atom. The predicted molar refractivity (Wildman–Crippen MR) is 84.7 cm³/mol. The molecule has 126 valence electrons. The fourth-order valence-electron chi connectivity index (χ4n) is 3.57. The Balaban J connectivity index is 1.52. The second-order valence-electron chi connectivity index (χ2n) is 6.97. The maximum atomic E-state index is 13.0. The normalized spacial score (nSPS) is 26.4. The molecule has 3 aliphatic rings. The zero-order chi connectivity index (χ0) is 16.2. The van der Waals surface area contributed by atoms with Crippen molar-refractivity contribution >= 4 is 11.5 Å². The van der Waals surface area contributed by atoms with Crippen LogP contribution in [0.5, 0.6) is 5.75 Å². The van der Waals surface area contributed by atoms with Gasteiger partial charge < -0.3 is 14.5 Å². The molecule has 0 bridgehead atoms. The van der Waals surface area contributed by atoms with Gasteiger partial charge in [-0.3, -0.25) is 4.90 Å². The van der Waals surface area contributed by atoms with Crippen LogP contribution in [0.2, 0.25) is 0 Å². The van der Waals surface area contributed by atoms with Crippen molar-refractivity contribution in [2.45, 2.75) is 31.9 Å². The molecule has 7 heteroatoms. The Kier molecular flexibility index (Phi) is 3.37. The summed E-state index contributed by atoms with van der Waals surface area (Å²) in [5.74, 6) is -1.01. The summed E-state index contributed by atoms with van der Waals surface area (Å²) in [6.07, 6.45) is 1.69. The number of alkyl halides is 2. The Morgan fingerprint density at radius 1 is 1.30 bits per heavy atom. The minimum Gasteiger partial charge on any atom is -0.487 e. The molecule has 1 aromatic rings. The second-order valence-corrected chi connectivity index (χ2v) is 6.97. The van der Waals surface area contributed by atoms with Gasteiger partial charge in [-0.1, -0.05) is 0 Å². The fourth-order valence-corrected chi connectivity index (χ4v) is 3.57. The van der Waals surface area contributed by atoms with Gasteiger partial charge in [-0.25, -0.2) is 13.8 Å². The minimum absolute atomic E-state index is 0.233. The monoisotopic (exact) mass is 324 g/mol. The summed E-state index contributed by atoms with van der Waals surface area (Å²) >= 11 is 0. The predicted octanol–water partition coefficient (Wildman–Crippen LogP) is 1.83. The van der Waals surface area contributed by atoms with Crippen LogP contribution < -0.4 is 14.5 Å². The van der Waals surface area contributed by atoms with E-state index < -0.39 is 5.92 Å². The second kappa shape index (κ2) is 5.19. The van der Waals surface area contributed by atoms with Crippen molar-refractivity contribution in [3.05, 3.63) is 12.3 Å². The van der Waals surface area contributed by atoms with Crippen LogP contribution >= 0.6 is 0 Å². The SMILES string of the molecule is CC(C)N1CCN2c3ncc(N4CC(F)(F)C4)cc3OC[C@@H]2C1. The maximum Gasteiger partial charge on any atom is 0.282 e. The minimum atomic E-state index is -2.57. The van der Waals surface area contributed by atoms with Crippen LogP contribution in [0.1, 0.15) is 13.8 Å². The third-order valence-electron chi connectivity index (χ3n) is 4.98. The van der Waals surface area contributed by atoms with Gasteiger partial charge in [0.25, 0.3) is 5.92 Å². The van der Waals surface area contributed by atoms with Crippen molar-refractivity contribution in [1.82, 2.24) is 9.88 Å². The summed E-state index contributed by atoms with van der Waals surface area (Å²) in [7, 11) is 0. The van der Waals surface area contributed by atoms with Gasteiger partial charge in [-0.2, -0.15) is 0 Å². The average Bonchev–Trinajstić information content (AvgIpc) is 2.51. The highest BCUT2D eigenvalue weighted by atomic mass is 19.3. The molecule has 5 nitrogen and oxygen atoms in total. The molecule has 0 amide bonds. The lowest BCUT2D eigenvalue weighted by molar-refractivity contribution is -0.0263. The third kappa shape index (κ3) is 2.60. The fraction of sp³-hybridized carbons (Fsp3) is 0.688. The Bertz CT molecular complexity index is 602. The van der Waals surface area contributed by atoms with E-state index in [0.717, 1.165) is 25.5 Å². The molecule has 0 unspecified atom stereocenters. The average molecular weight is 324 g/mol. The Hall–Kier alpha value is -1.63. The highest BCUT2D eigenvalue weighted by Crippen LogP contribution is 2.39. The topological polar surface area (TPSA) is 31.8 Å². The van der Waals surface area contributed by atoms with Crippen molar-refractivity contribution in [2.24, 2.45) is 0 Å². The number of anilines is 2. The summed E-state index contributed by atoms with van der Waals surface area (Å²) in [5, 5.41) is 0. The van der Waals surface area contributed by atoms with Crippen LogP contribution in [0.3, 0.4) is 0 Å². The van der Waals surface area contributed by atoms with E-state index in [-0.39, 0.29) is 13.1 Å². The summed E-state index contributed by atoms with van der Waals surface area (Å²) in [6.45, 7) is 7.48. The van der Waals surface area contributed by atoms with Crippen molar-refractivity contribution in [3.63, 3.8) is 0 Å². The van der Waals surface area contributed by atoms with E-state index in [2.05, 4.69) is 28.6 Å². The lowest BCUT2D eigenvalue weighted by Crippen LogP contribution is -2.59. The number of ether oxygens (including phenoxy) is 1. The summed E-state index contributed by atoms with van der Waals surface area (Å²) in [6, 6.07) is 2.69. The first kappa shape index (κ1) is 14.9. The van der Waals surface area contributed by atoms with Gasteiger partial charge in [-0.15, -0.1) is 0 Å². The van der Waals surface area contributed by atoms with E-state index in [1.54, 1.807) is 11.1 Å². The smallest absolute Gasteiger partial charge is 0.282 e. The molecule has 4 heterocycles. The molecule has 0 aromatic carbocycles. The van der Waals surface area contributed by atoms with Crippen molar-refractivity contribution in [1.29, 1.82) is 0 Å². The zero-order valence-corrected chi connectivity index (χ0v) is 13.5. The zero-order valence-electron chi connectivity index (χ0n) is 13.5. The number of piperazine rings is 1. The van der Waals surface area contributed by atoms with Gasteiger partial charge in [-0.05, 0) is 13.8 Å². The van der Waals surface area contributed by atoms with E-state index in [0.29, 0.717) is 30.1 Å². The number of aromatic nitrogens is 1. The summed E-state index contributed by atoms with van der Waals surface area (Å²) in [5.41, 5.74) is 0.717. The lowest BCUT2D eigenvalue weighted by atomic mass is 10.1. The number of hydrogen-bond acceptors (Lipinski definition) is 5. The first-order chi connectivity index (χ1) is 10.9. The standard InChI is InChI=1S/C16H22F2N4O/c1-11(2)20-3-4-22-13(7-20)8-23-14-5-12(6-19-15(14)22)21-9-16(17,18)10-21/h5-6,11,13H,3-4,7-10H2,1-2H3/t13-/m0/s1. The van der Waals surface area contributed by atoms with Crippen LogP contribution in [-0.2, 0) is 0 Å². The molecule has 4 rings (SSSR count). The van der Waals surface area contributed by atoms with E-state index in [4.69, 9.17) is 4.74 Å². The lowest BCUT2D eigenvalue weighted by Gasteiger charge is -2.46. The molecular formula is C16H22F2N4O. The highest BCUT2D eigenvalue weighted by molar-refractivity contribution is 5.63.